The molecule has 11 nitrogen and oxygen atoms in total. The molecule has 2 fully saturated rings. The highest BCUT2D eigenvalue weighted by atomic mass is 19.1. The van der Waals surface area contributed by atoms with Crippen LogP contribution in [0.2, 0.25) is 0 Å². The molecule has 2 aromatic carbocycles. The van der Waals surface area contributed by atoms with E-state index in [0.717, 1.165) is 27.9 Å². The molecule has 2 N–H and O–H groups in total. The number of anilines is 1. The number of imide groups is 1. The Balaban J connectivity index is 1.26. The molecular weight excluding hydrogens is 555 g/mol. The van der Waals surface area contributed by atoms with Crippen LogP contribution in [0.4, 0.5) is 14.9 Å². The van der Waals surface area contributed by atoms with Crippen molar-refractivity contribution in [1.82, 2.24) is 24.4 Å². The number of hydrogen-bond acceptors (Lipinski definition) is 6. The van der Waals surface area contributed by atoms with Gasteiger partial charge in [0.1, 0.15) is 23.2 Å². The minimum atomic E-state index is -0.766. The molecule has 2 aliphatic rings. The predicted octanol–water partition coefficient (Wildman–Crippen LogP) is 3.31. The first kappa shape index (κ1) is 28.5. The number of nitrogens with one attached hydrogen (secondary N) is 2. The van der Waals surface area contributed by atoms with Crippen molar-refractivity contribution in [3.8, 4) is 0 Å². The van der Waals surface area contributed by atoms with Gasteiger partial charge in [-0.1, -0.05) is 30.3 Å². The number of urea groups is 1. The largest absolute Gasteiger partial charge is 0.373 e. The van der Waals surface area contributed by atoms with Crippen molar-refractivity contribution in [3.63, 3.8) is 0 Å². The number of H-pyrrole nitrogens is 1. The van der Waals surface area contributed by atoms with Crippen molar-refractivity contribution < 1.29 is 18.7 Å². The number of halogens is 1. The first-order valence-corrected chi connectivity index (χ1v) is 14.3. The predicted molar refractivity (Wildman–Crippen MR) is 158 cm³/mol. The first-order valence-electron chi connectivity index (χ1n) is 14.3. The summed E-state index contributed by atoms with van der Waals surface area (Å²) in [5.74, 6) is -0.0715. The summed E-state index contributed by atoms with van der Waals surface area (Å²) >= 11 is 0. The zero-order chi connectivity index (χ0) is 30.5. The second-order valence-electron chi connectivity index (χ2n) is 12.1. The van der Waals surface area contributed by atoms with Gasteiger partial charge in [-0.3, -0.25) is 18.7 Å². The molecule has 1 saturated heterocycles. The van der Waals surface area contributed by atoms with Crippen molar-refractivity contribution >= 4 is 28.8 Å². The summed E-state index contributed by atoms with van der Waals surface area (Å²) in [6.45, 7) is 5.94. The second-order valence-corrected chi connectivity index (χ2v) is 12.1. The lowest BCUT2D eigenvalue weighted by Gasteiger charge is -2.21. The van der Waals surface area contributed by atoms with Crippen LogP contribution in [-0.4, -0.2) is 49.3 Å². The van der Waals surface area contributed by atoms with E-state index in [0.29, 0.717) is 30.4 Å². The van der Waals surface area contributed by atoms with E-state index in [9.17, 15) is 23.6 Å². The van der Waals surface area contributed by atoms with Gasteiger partial charge < -0.3 is 15.0 Å². The number of nitrogens with zero attached hydrogens (tertiary/aromatic N) is 4. The topological polar surface area (TPSA) is 131 Å². The van der Waals surface area contributed by atoms with Gasteiger partial charge in [-0.05, 0) is 63.3 Å². The third kappa shape index (κ3) is 5.87. The lowest BCUT2D eigenvalue weighted by Crippen LogP contribution is -2.40. The molecule has 6 rings (SSSR count). The number of fused-ring (bicyclic) bond motifs is 1. The fraction of sp³-hybridized carbons (Fsp3) is 0.387. The van der Waals surface area contributed by atoms with Crippen LogP contribution in [0.25, 0.3) is 11.2 Å². The quantitative estimate of drug-likeness (QED) is 0.289. The number of hydrogen-bond donors (Lipinski definition) is 2. The Morgan fingerprint density at radius 2 is 1.72 bits per heavy atom. The molecule has 4 aromatic rings. The SMILES string of the molecule is CC(C)(C)OCC1NC(=O)N(c2ccc(Cc3nc4c([nH]3)c(=O)n(Cc3ccccc3F)c(=O)n4CC3CC3)cc2)C1=O. The normalized spacial score (nSPS) is 17.2. The average Bonchev–Trinajstić information content (AvgIpc) is 3.61. The maximum Gasteiger partial charge on any atom is 0.333 e. The number of ether oxygens (including phenoxy) is 1. The number of carbonyl (C=O) groups excluding carboxylic acids is 2. The minimum Gasteiger partial charge on any atom is -0.373 e. The summed E-state index contributed by atoms with van der Waals surface area (Å²) < 4.78 is 22.6. The van der Waals surface area contributed by atoms with Crippen LogP contribution in [-0.2, 0) is 29.0 Å². The first-order chi connectivity index (χ1) is 20.5. The van der Waals surface area contributed by atoms with Gasteiger partial charge in [0.25, 0.3) is 11.5 Å². The summed E-state index contributed by atoms with van der Waals surface area (Å²) in [5.41, 5.74) is 0.413. The maximum atomic E-state index is 14.4. The number of aromatic amines is 1. The zero-order valence-corrected chi connectivity index (χ0v) is 24.2. The smallest absolute Gasteiger partial charge is 0.333 e. The molecule has 224 valence electrons. The zero-order valence-electron chi connectivity index (χ0n) is 24.2. The Morgan fingerprint density at radius 3 is 2.40 bits per heavy atom. The van der Waals surface area contributed by atoms with E-state index in [1.165, 1.54) is 10.6 Å². The Morgan fingerprint density at radius 1 is 1.00 bits per heavy atom. The fourth-order valence-electron chi connectivity index (χ4n) is 5.14. The monoisotopic (exact) mass is 588 g/mol. The molecule has 1 atom stereocenters. The molecule has 2 aromatic heterocycles. The Labute approximate surface area is 246 Å². The highest BCUT2D eigenvalue weighted by Crippen LogP contribution is 2.31. The average molecular weight is 589 g/mol. The Bertz CT molecular complexity index is 1830. The van der Waals surface area contributed by atoms with E-state index in [4.69, 9.17) is 4.74 Å². The van der Waals surface area contributed by atoms with Crippen molar-refractivity contribution in [2.75, 3.05) is 11.5 Å². The number of amides is 3. The van der Waals surface area contributed by atoms with E-state index in [1.54, 1.807) is 42.5 Å². The third-order valence-corrected chi connectivity index (χ3v) is 7.60. The van der Waals surface area contributed by atoms with Gasteiger partial charge in [0.15, 0.2) is 5.65 Å². The molecule has 12 heteroatoms. The van der Waals surface area contributed by atoms with Gasteiger partial charge in [-0.25, -0.2) is 23.9 Å². The standard InChI is InChI=1S/C31H33FN6O5/c1-31(2,3)43-17-23-27(39)38(29(41)33-23)21-12-10-18(11-13-21)14-24-34-25-26(35-24)36(15-19-8-9-19)30(42)37(28(25)40)16-20-6-4-5-7-22(20)32/h4-7,10-13,19,23H,8-9,14-17H2,1-3H3,(H,33,41)(H,34,35). The third-order valence-electron chi connectivity index (χ3n) is 7.60. The highest BCUT2D eigenvalue weighted by molar-refractivity contribution is 6.21. The summed E-state index contributed by atoms with van der Waals surface area (Å²) in [4.78, 5) is 61.2. The lowest BCUT2D eigenvalue weighted by molar-refractivity contribution is -0.121. The van der Waals surface area contributed by atoms with Gasteiger partial charge in [-0.2, -0.15) is 0 Å². The molecular formula is C31H33FN6O5. The number of aromatic nitrogens is 4. The molecule has 1 unspecified atom stereocenters. The van der Waals surface area contributed by atoms with Crippen molar-refractivity contribution in [2.24, 2.45) is 5.92 Å². The molecule has 1 aliphatic carbocycles. The molecule has 0 spiro atoms. The van der Waals surface area contributed by atoms with Crippen LogP contribution in [0.1, 0.15) is 50.6 Å². The van der Waals surface area contributed by atoms with Gasteiger partial charge >= 0.3 is 11.7 Å². The maximum absolute atomic E-state index is 14.4. The summed E-state index contributed by atoms with van der Waals surface area (Å²) in [7, 11) is 0. The van der Waals surface area contributed by atoms with E-state index < -0.39 is 34.7 Å². The van der Waals surface area contributed by atoms with E-state index in [1.807, 2.05) is 20.8 Å². The number of imidazole rings is 1. The van der Waals surface area contributed by atoms with E-state index >= 15 is 0 Å². The van der Waals surface area contributed by atoms with Crippen LogP contribution in [0, 0.1) is 11.7 Å². The molecule has 1 saturated carbocycles. The van der Waals surface area contributed by atoms with Crippen LogP contribution >= 0.6 is 0 Å². The molecule has 3 amide bonds. The van der Waals surface area contributed by atoms with Gasteiger partial charge in [0.05, 0.1) is 24.4 Å². The van der Waals surface area contributed by atoms with Crippen molar-refractivity contribution in [1.29, 1.82) is 0 Å². The van der Waals surface area contributed by atoms with Crippen molar-refractivity contribution in [3.05, 3.63) is 92.1 Å². The number of carbonyl (C=O) groups is 2. The molecule has 43 heavy (non-hydrogen) atoms. The summed E-state index contributed by atoms with van der Waals surface area (Å²) in [6.07, 6.45) is 2.29. The van der Waals surface area contributed by atoms with E-state index in [2.05, 4.69) is 15.3 Å². The van der Waals surface area contributed by atoms with Crippen molar-refractivity contribution in [2.45, 2.75) is 64.8 Å². The van der Waals surface area contributed by atoms with Gasteiger partial charge in [-0.15, -0.1) is 0 Å². The minimum absolute atomic E-state index is 0.0719. The lowest BCUT2D eigenvalue weighted by atomic mass is 10.1. The van der Waals surface area contributed by atoms with Gasteiger partial charge in [0.2, 0.25) is 0 Å². The Kier molecular flexibility index (Phi) is 7.25. The van der Waals surface area contributed by atoms with E-state index in [-0.39, 0.29) is 35.8 Å². The number of benzene rings is 2. The molecule has 0 radical (unpaired) electrons. The second kappa shape index (κ2) is 10.9. The molecule has 0 bridgehead atoms. The van der Waals surface area contributed by atoms with Crippen LogP contribution in [0.15, 0.2) is 58.1 Å². The fourth-order valence-corrected chi connectivity index (χ4v) is 5.14. The van der Waals surface area contributed by atoms with Crippen LogP contribution in [0.3, 0.4) is 0 Å². The Hall–Kier alpha value is -4.58. The number of rotatable bonds is 9. The molecule has 3 heterocycles. The molecule has 1 aliphatic heterocycles. The van der Waals surface area contributed by atoms with Gasteiger partial charge in [0, 0.05) is 18.5 Å². The summed E-state index contributed by atoms with van der Waals surface area (Å²) in [6, 6.07) is 11.7. The van der Waals surface area contributed by atoms with Crippen LogP contribution in [0.5, 0.6) is 0 Å². The highest BCUT2D eigenvalue weighted by Gasteiger charge is 2.39. The van der Waals surface area contributed by atoms with Crippen LogP contribution < -0.4 is 21.5 Å². The summed E-state index contributed by atoms with van der Waals surface area (Å²) in [5, 5.41) is 2.67.